The van der Waals surface area contributed by atoms with Crippen LogP contribution in [-0.4, -0.2) is 18.4 Å². The zero-order valence-corrected chi connectivity index (χ0v) is 17.0. The minimum absolute atomic E-state index is 0.119. The Hall–Kier alpha value is -3.07. The van der Waals surface area contributed by atoms with Crippen molar-refractivity contribution in [1.29, 1.82) is 0 Å². The molecule has 0 bridgehead atoms. The first-order valence-electron chi connectivity index (χ1n) is 8.83. The van der Waals surface area contributed by atoms with Crippen molar-refractivity contribution in [2.45, 2.75) is 12.6 Å². The van der Waals surface area contributed by atoms with E-state index in [-0.39, 0.29) is 18.2 Å². The van der Waals surface area contributed by atoms with Gasteiger partial charge in [0.15, 0.2) is 10.4 Å². The maximum absolute atomic E-state index is 12.6. The van der Waals surface area contributed by atoms with Gasteiger partial charge in [-0.25, -0.2) is 0 Å². The third-order valence-corrected chi connectivity index (χ3v) is 4.59. The molecule has 0 fully saturated rings. The molecule has 0 radical (unpaired) electrons. The number of halogens is 4. The molecule has 0 aliphatic heterocycles. The molecule has 0 atom stereocenters. The summed E-state index contributed by atoms with van der Waals surface area (Å²) < 4.78 is 43.4. The van der Waals surface area contributed by atoms with Crippen molar-refractivity contribution in [3.05, 3.63) is 87.8 Å². The largest absolute Gasteiger partial charge is 0.444 e. The van der Waals surface area contributed by atoms with Gasteiger partial charge >= 0.3 is 6.18 Å². The Balaban J connectivity index is 1.54. The number of hydrogen-bond acceptors (Lipinski definition) is 3. The van der Waals surface area contributed by atoms with E-state index in [1.165, 1.54) is 24.3 Å². The van der Waals surface area contributed by atoms with Crippen molar-refractivity contribution in [2.75, 3.05) is 11.9 Å². The Kier molecular flexibility index (Phi) is 6.61. The predicted molar refractivity (Wildman–Crippen MR) is 108 cm³/mol. The van der Waals surface area contributed by atoms with E-state index in [2.05, 4.69) is 26.6 Å². The second kappa shape index (κ2) is 9.17. The van der Waals surface area contributed by atoms with Crippen LogP contribution in [0.1, 0.15) is 32.0 Å². The van der Waals surface area contributed by atoms with E-state index in [1.807, 2.05) is 0 Å². The number of alkyl halides is 3. The van der Waals surface area contributed by atoms with Gasteiger partial charge in [0.2, 0.25) is 0 Å². The third-order valence-electron chi connectivity index (χ3n) is 4.16. The third kappa shape index (κ3) is 5.73. The topological polar surface area (TPSA) is 71.3 Å². The minimum atomic E-state index is -4.37. The number of carbonyl (C=O) groups is 2. The van der Waals surface area contributed by atoms with Crippen molar-refractivity contribution in [3.8, 4) is 0 Å². The summed E-state index contributed by atoms with van der Waals surface area (Å²) in [5, 5.41) is 5.35. The van der Waals surface area contributed by atoms with Gasteiger partial charge in [0.25, 0.3) is 11.8 Å². The Morgan fingerprint density at radius 2 is 1.70 bits per heavy atom. The molecule has 0 aliphatic rings. The molecule has 0 saturated carbocycles. The Labute approximate surface area is 178 Å². The van der Waals surface area contributed by atoms with Gasteiger partial charge in [0.05, 0.1) is 5.56 Å². The van der Waals surface area contributed by atoms with Gasteiger partial charge in [-0.3, -0.25) is 9.59 Å². The van der Waals surface area contributed by atoms with E-state index >= 15 is 0 Å². The lowest BCUT2D eigenvalue weighted by atomic mass is 10.1. The Morgan fingerprint density at radius 3 is 2.33 bits per heavy atom. The summed E-state index contributed by atoms with van der Waals surface area (Å²) in [6, 6.07) is 14.3. The quantitative estimate of drug-likeness (QED) is 0.503. The van der Waals surface area contributed by atoms with Crippen LogP contribution in [0.25, 0.3) is 0 Å². The lowest BCUT2D eigenvalue weighted by Gasteiger charge is -2.09. The van der Waals surface area contributed by atoms with E-state index in [9.17, 15) is 22.8 Å². The van der Waals surface area contributed by atoms with Crippen molar-refractivity contribution in [2.24, 2.45) is 0 Å². The Morgan fingerprint density at radius 1 is 0.967 bits per heavy atom. The maximum Gasteiger partial charge on any atom is 0.416 e. The normalized spacial score (nSPS) is 11.2. The molecule has 3 aromatic rings. The highest BCUT2D eigenvalue weighted by Crippen LogP contribution is 2.29. The summed E-state index contributed by atoms with van der Waals surface area (Å²) in [5.74, 6) is -0.701. The molecule has 1 aromatic heterocycles. The van der Waals surface area contributed by atoms with Crippen LogP contribution in [0, 0.1) is 0 Å². The number of anilines is 1. The fourth-order valence-corrected chi connectivity index (χ4v) is 2.96. The highest BCUT2D eigenvalue weighted by atomic mass is 79.9. The van der Waals surface area contributed by atoms with Gasteiger partial charge in [-0.05, 0) is 70.4 Å². The molecular formula is C21H16BrF3N2O3. The van der Waals surface area contributed by atoms with Crippen LogP contribution < -0.4 is 10.6 Å². The zero-order chi connectivity index (χ0) is 21.7. The average molecular weight is 481 g/mol. The predicted octanol–water partition coefficient (Wildman–Crippen LogP) is 5.29. The van der Waals surface area contributed by atoms with Gasteiger partial charge < -0.3 is 15.1 Å². The molecule has 156 valence electrons. The number of nitrogens with one attached hydrogen (secondary N) is 2. The van der Waals surface area contributed by atoms with Gasteiger partial charge in [-0.2, -0.15) is 13.2 Å². The summed E-state index contributed by atoms with van der Waals surface area (Å²) in [7, 11) is 0. The minimum Gasteiger partial charge on any atom is -0.444 e. The van der Waals surface area contributed by atoms with Gasteiger partial charge in [0.1, 0.15) is 0 Å². The van der Waals surface area contributed by atoms with Crippen LogP contribution in [0.2, 0.25) is 0 Å². The smallest absolute Gasteiger partial charge is 0.416 e. The van der Waals surface area contributed by atoms with Gasteiger partial charge in [-0.15, -0.1) is 0 Å². The van der Waals surface area contributed by atoms with Crippen molar-refractivity contribution >= 4 is 33.4 Å². The number of amides is 2. The van der Waals surface area contributed by atoms with Gasteiger partial charge in [0, 0.05) is 17.8 Å². The molecule has 1 heterocycles. The molecule has 2 amide bonds. The summed E-state index contributed by atoms with van der Waals surface area (Å²) >= 11 is 3.12. The van der Waals surface area contributed by atoms with Crippen LogP contribution in [0.3, 0.4) is 0 Å². The fraction of sp³-hybridized carbons (Fsp3) is 0.143. The number of hydrogen-bond donors (Lipinski definition) is 2. The highest BCUT2D eigenvalue weighted by molar-refractivity contribution is 9.10. The molecule has 3 rings (SSSR count). The second-order valence-electron chi connectivity index (χ2n) is 6.34. The maximum atomic E-state index is 12.6. The first kappa shape index (κ1) is 21.6. The zero-order valence-electron chi connectivity index (χ0n) is 15.4. The molecule has 0 aliphatic carbocycles. The number of carbonyl (C=O) groups excluding carboxylic acids is 2. The first-order chi connectivity index (χ1) is 14.2. The molecule has 2 aromatic carbocycles. The van der Waals surface area contributed by atoms with Crippen molar-refractivity contribution in [3.63, 3.8) is 0 Å². The van der Waals surface area contributed by atoms with E-state index in [1.54, 1.807) is 24.3 Å². The van der Waals surface area contributed by atoms with Crippen molar-refractivity contribution < 1.29 is 27.2 Å². The lowest BCUT2D eigenvalue weighted by molar-refractivity contribution is -0.137. The van der Waals surface area contributed by atoms with Crippen LogP contribution >= 0.6 is 15.9 Å². The molecular weight excluding hydrogens is 465 g/mol. The van der Waals surface area contributed by atoms with E-state index in [4.69, 9.17) is 4.42 Å². The average Bonchev–Trinajstić information content (AvgIpc) is 3.14. The van der Waals surface area contributed by atoms with Crippen LogP contribution in [0.5, 0.6) is 0 Å². The summed E-state index contributed by atoms with van der Waals surface area (Å²) in [6.07, 6.45) is -3.99. The van der Waals surface area contributed by atoms with Crippen LogP contribution in [0.15, 0.2) is 69.8 Å². The monoisotopic (exact) mass is 480 g/mol. The van der Waals surface area contributed by atoms with E-state index in [0.717, 1.165) is 12.1 Å². The van der Waals surface area contributed by atoms with E-state index < -0.39 is 17.6 Å². The summed E-state index contributed by atoms with van der Waals surface area (Å²) in [4.78, 5) is 24.5. The van der Waals surface area contributed by atoms with Crippen molar-refractivity contribution in [1.82, 2.24) is 5.32 Å². The molecule has 0 spiro atoms. The number of benzene rings is 2. The summed E-state index contributed by atoms with van der Waals surface area (Å²) in [6.45, 7) is 0.251. The SMILES string of the molecule is O=C(NCCc1ccc(C(F)(F)F)cc1)c1cccc(NC(=O)c2ccc(Br)o2)c1. The lowest BCUT2D eigenvalue weighted by Crippen LogP contribution is -2.25. The van der Waals surface area contributed by atoms with Crippen LogP contribution in [0.4, 0.5) is 18.9 Å². The molecule has 5 nitrogen and oxygen atoms in total. The summed E-state index contributed by atoms with van der Waals surface area (Å²) in [5.41, 5.74) is 0.716. The molecule has 30 heavy (non-hydrogen) atoms. The van der Waals surface area contributed by atoms with E-state index in [0.29, 0.717) is 27.9 Å². The van der Waals surface area contributed by atoms with Crippen LogP contribution in [-0.2, 0) is 12.6 Å². The molecule has 0 saturated heterocycles. The molecule has 0 unspecified atom stereocenters. The number of rotatable bonds is 6. The standard InChI is InChI=1S/C21H16BrF3N2O3/c22-18-9-8-17(30-18)20(29)27-16-3-1-2-14(12-16)19(28)26-11-10-13-4-6-15(7-5-13)21(23,24)25/h1-9,12H,10-11H2,(H,26,28)(H,27,29). The first-order valence-corrected chi connectivity index (χ1v) is 9.63. The van der Waals surface area contributed by atoms with Gasteiger partial charge in [-0.1, -0.05) is 18.2 Å². The highest BCUT2D eigenvalue weighted by Gasteiger charge is 2.29. The second-order valence-corrected chi connectivity index (χ2v) is 7.12. The Bertz CT molecular complexity index is 1050. The molecule has 2 N–H and O–H groups in total. The number of furan rings is 1. The fourth-order valence-electron chi connectivity index (χ4n) is 2.65. The molecule has 9 heteroatoms.